The van der Waals surface area contributed by atoms with Crippen LogP contribution in [0.15, 0.2) is 35.1 Å². The van der Waals surface area contributed by atoms with Crippen LogP contribution in [0.3, 0.4) is 0 Å². The molecule has 1 aromatic carbocycles. The Morgan fingerprint density at radius 2 is 1.97 bits per heavy atom. The number of nitrogens with zero attached hydrogens (tertiary/aromatic N) is 1. The van der Waals surface area contributed by atoms with E-state index in [1.165, 1.54) is 24.6 Å². The van der Waals surface area contributed by atoms with Gasteiger partial charge in [0.05, 0.1) is 5.69 Å². The number of carboxylic acids is 1. The van der Waals surface area contributed by atoms with Crippen LogP contribution in [0.2, 0.25) is 0 Å². The molecule has 4 rings (SSSR count). The molecule has 156 valence electrons. The minimum absolute atomic E-state index is 0. The van der Waals surface area contributed by atoms with Crippen LogP contribution in [-0.2, 0) is 6.42 Å². The van der Waals surface area contributed by atoms with Gasteiger partial charge in [-0.3, -0.25) is 4.79 Å². The van der Waals surface area contributed by atoms with Gasteiger partial charge in [-0.05, 0) is 67.5 Å². The van der Waals surface area contributed by atoms with E-state index in [1.54, 1.807) is 0 Å². The summed E-state index contributed by atoms with van der Waals surface area (Å²) in [5.74, 6) is 0.289. The summed E-state index contributed by atoms with van der Waals surface area (Å²) in [5.41, 5.74) is 2.88. The van der Waals surface area contributed by atoms with Gasteiger partial charge in [-0.1, -0.05) is 19.1 Å². The number of anilines is 1. The van der Waals surface area contributed by atoms with Crippen molar-refractivity contribution in [1.29, 1.82) is 0 Å². The number of carboxylic acid groups (broad SMARTS) is 1. The molecule has 0 bridgehead atoms. The highest BCUT2D eigenvalue weighted by molar-refractivity contribution is 5.88. The first-order valence-corrected chi connectivity index (χ1v) is 10.0. The Labute approximate surface area is 176 Å². The lowest BCUT2D eigenvalue weighted by Crippen LogP contribution is -2.33. The van der Waals surface area contributed by atoms with Gasteiger partial charge in [-0.2, -0.15) is 0 Å². The zero-order chi connectivity index (χ0) is 19.8. The van der Waals surface area contributed by atoms with E-state index in [-0.39, 0.29) is 18.0 Å². The summed E-state index contributed by atoms with van der Waals surface area (Å²) in [5, 5.41) is 12.6. The van der Waals surface area contributed by atoms with Crippen molar-refractivity contribution < 1.29 is 9.90 Å². The fourth-order valence-electron chi connectivity index (χ4n) is 4.94. The van der Waals surface area contributed by atoms with Gasteiger partial charge in [-0.25, -0.2) is 4.79 Å². The second-order valence-corrected chi connectivity index (χ2v) is 7.92. The number of carbonyl (C=O) groups is 1. The Balaban J connectivity index is 0.00000240. The molecular weight excluding hydrogens is 390 g/mol. The number of rotatable bonds is 5. The number of H-pyrrole nitrogens is 1. The largest absolute Gasteiger partial charge is 0.477 e. The molecule has 1 aromatic heterocycles. The van der Waals surface area contributed by atoms with Gasteiger partial charge in [0.15, 0.2) is 0 Å². The van der Waals surface area contributed by atoms with Gasteiger partial charge < -0.3 is 20.3 Å². The molecule has 0 radical (unpaired) electrons. The van der Waals surface area contributed by atoms with Gasteiger partial charge >= 0.3 is 5.97 Å². The molecule has 1 aliphatic heterocycles. The predicted octanol–water partition coefficient (Wildman–Crippen LogP) is 3.16. The number of pyridine rings is 1. The zero-order valence-corrected chi connectivity index (χ0v) is 17.6. The lowest BCUT2D eigenvalue weighted by molar-refractivity contribution is 0.0695. The van der Waals surface area contributed by atoms with Crippen molar-refractivity contribution in [2.45, 2.75) is 32.2 Å². The van der Waals surface area contributed by atoms with E-state index in [0.29, 0.717) is 18.2 Å². The molecule has 2 heterocycles. The number of hydrogen-bond donors (Lipinski definition) is 3. The van der Waals surface area contributed by atoms with Crippen molar-refractivity contribution in [3.63, 3.8) is 0 Å². The number of aromatic nitrogens is 1. The maximum absolute atomic E-state index is 12.1. The first-order valence-electron chi connectivity index (χ1n) is 10.0. The molecule has 2 aliphatic rings. The van der Waals surface area contributed by atoms with E-state index >= 15 is 0 Å². The van der Waals surface area contributed by atoms with Gasteiger partial charge in [0.2, 0.25) is 0 Å². The van der Waals surface area contributed by atoms with E-state index < -0.39 is 11.5 Å². The number of hydrogen-bond acceptors (Lipinski definition) is 4. The number of benzene rings is 1. The summed E-state index contributed by atoms with van der Waals surface area (Å²) in [6.45, 7) is 4.14. The summed E-state index contributed by atoms with van der Waals surface area (Å²) in [7, 11) is 2.06. The Hall–Kier alpha value is -2.31. The molecule has 7 heteroatoms. The SMILES string of the molecule is CCc1cc(C(=O)O)c(=O)[nH]c1-c1ccc(N2C[C@H]3CC[C@@H](NC)[C@H]3C2)cc1.Cl. The molecule has 0 spiro atoms. The van der Waals surface area contributed by atoms with E-state index in [0.717, 1.165) is 36.1 Å². The van der Waals surface area contributed by atoms with E-state index in [1.807, 2.05) is 19.1 Å². The summed E-state index contributed by atoms with van der Waals surface area (Å²) in [4.78, 5) is 28.6. The molecule has 3 atom stereocenters. The van der Waals surface area contributed by atoms with E-state index in [4.69, 9.17) is 0 Å². The lowest BCUT2D eigenvalue weighted by atomic mass is 9.98. The quantitative estimate of drug-likeness (QED) is 0.695. The molecule has 2 aromatic rings. The van der Waals surface area contributed by atoms with Crippen LogP contribution in [0.5, 0.6) is 0 Å². The van der Waals surface area contributed by atoms with E-state index in [9.17, 15) is 14.7 Å². The van der Waals surface area contributed by atoms with Gasteiger partial charge in [0, 0.05) is 24.8 Å². The number of nitrogens with one attached hydrogen (secondary N) is 2. The number of aromatic amines is 1. The highest BCUT2D eigenvalue weighted by Crippen LogP contribution is 2.40. The third kappa shape index (κ3) is 3.91. The molecule has 1 aliphatic carbocycles. The number of aryl methyl sites for hydroxylation is 1. The normalized spacial score (nSPS) is 23.0. The van der Waals surface area contributed by atoms with Crippen molar-refractivity contribution in [2.75, 3.05) is 25.0 Å². The number of fused-ring (bicyclic) bond motifs is 1. The summed E-state index contributed by atoms with van der Waals surface area (Å²) >= 11 is 0. The van der Waals surface area contributed by atoms with Crippen molar-refractivity contribution in [3.8, 4) is 11.3 Å². The minimum Gasteiger partial charge on any atom is -0.477 e. The molecule has 0 amide bonds. The Bertz CT molecular complexity index is 941. The standard InChI is InChI=1S/C22H27N3O3.ClH/c1-3-13-10-17(22(27)28)21(26)24-20(13)14-4-7-16(8-5-14)25-11-15-6-9-19(23-2)18(15)12-25;/h4-5,7-8,10,15,18-19,23H,3,6,9,11-12H2,1-2H3,(H,24,26)(H,27,28);1H/t15-,18+,19-;/m1./s1. The molecule has 1 saturated heterocycles. The average molecular weight is 418 g/mol. The summed E-state index contributed by atoms with van der Waals surface area (Å²) in [6.07, 6.45) is 3.22. The number of halogens is 1. The smallest absolute Gasteiger partial charge is 0.341 e. The monoisotopic (exact) mass is 417 g/mol. The average Bonchev–Trinajstić information content (AvgIpc) is 3.28. The molecule has 1 saturated carbocycles. The molecule has 3 N–H and O–H groups in total. The fraction of sp³-hybridized carbons (Fsp3) is 0.455. The molecule has 2 fully saturated rings. The Kier molecular flexibility index (Phi) is 6.34. The summed E-state index contributed by atoms with van der Waals surface area (Å²) in [6, 6.07) is 10.4. The molecule has 0 unspecified atom stereocenters. The van der Waals surface area contributed by atoms with E-state index in [2.05, 4.69) is 34.4 Å². The van der Waals surface area contributed by atoms with Crippen LogP contribution in [0.1, 0.15) is 35.7 Å². The fourth-order valence-corrected chi connectivity index (χ4v) is 4.94. The highest BCUT2D eigenvalue weighted by Gasteiger charge is 2.41. The molecule has 6 nitrogen and oxygen atoms in total. The maximum atomic E-state index is 12.1. The van der Waals surface area contributed by atoms with Crippen molar-refractivity contribution in [2.24, 2.45) is 11.8 Å². The topological polar surface area (TPSA) is 85.4 Å². The van der Waals surface area contributed by atoms with Crippen LogP contribution < -0.4 is 15.8 Å². The van der Waals surface area contributed by atoms with Gasteiger partial charge in [0.25, 0.3) is 5.56 Å². The van der Waals surface area contributed by atoms with Crippen molar-refractivity contribution in [1.82, 2.24) is 10.3 Å². The second kappa shape index (κ2) is 8.59. The van der Waals surface area contributed by atoms with Crippen LogP contribution in [0.4, 0.5) is 5.69 Å². The summed E-state index contributed by atoms with van der Waals surface area (Å²) < 4.78 is 0. The van der Waals surface area contributed by atoms with Gasteiger partial charge in [-0.15, -0.1) is 12.4 Å². The van der Waals surface area contributed by atoms with Crippen LogP contribution in [0.25, 0.3) is 11.3 Å². The van der Waals surface area contributed by atoms with Crippen LogP contribution in [0, 0.1) is 11.8 Å². The predicted molar refractivity (Wildman–Crippen MR) is 117 cm³/mol. The van der Waals surface area contributed by atoms with Crippen molar-refractivity contribution >= 4 is 24.1 Å². The first-order chi connectivity index (χ1) is 13.5. The Morgan fingerprint density at radius 3 is 2.59 bits per heavy atom. The van der Waals surface area contributed by atoms with Crippen LogP contribution >= 0.6 is 12.4 Å². The number of aromatic carboxylic acids is 1. The molecular formula is C22H28ClN3O3. The third-order valence-electron chi connectivity index (χ3n) is 6.48. The molecule has 29 heavy (non-hydrogen) atoms. The van der Waals surface area contributed by atoms with Crippen LogP contribution in [-0.4, -0.2) is 42.2 Å². The highest BCUT2D eigenvalue weighted by atomic mass is 35.5. The maximum Gasteiger partial charge on any atom is 0.341 e. The Morgan fingerprint density at radius 1 is 1.24 bits per heavy atom. The zero-order valence-electron chi connectivity index (χ0n) is 16.8. The first kappa shape index (κ1) is 21.4. The van der Waals surface area contributed by atoms with Gasteiger partial charge in [0.1, 0.15) is 5.56 Å². The minimum atomic E-state index is -1.20. The second-order valence-electron chi connectivity index (χ2n) is 7.92. The lowest BCUT2D eigenvalue weighted by Gasteiger charge is -2.22. The van der Waals surface area contributed by atoms with Crippen molar-refractivity contribution in [3.05, 3.63) is 51.8 Å². The third-order valence-corrected chi connectivity index (χ3v) is 6.48.